The summed E-state index contributed by atoms with van der Waals surface area (Å²) in [6, 6.07) is 7.37. The molecule has 1 N–H and O–H groups in total. The molecule has 1 heterocycles. The number of hydrogen-bond donors (Lipinski definition) is 1. The normalized spacial score (nSPS) is 10.7. The second kappa shape index (κ2) is 5.08. The highest BCUT2D eigenvalue weighted by molar-refractivity contribution is 9.10. The van der Waals surface area contributed by atoms with Gasteiger partial charge in [0.2, 0.25) is 0 Å². The molecule has 0 bridgehead atoms. The minimum absolute atomic E-state index is 0.198. The number of rotatable bonds is 3. The first-order chi connectivity index (χ1) is 7.72. The van der Waals surface area contributed by atoms with Crippen molar-refractivity contribution in [3.63, 3.8) is 0 Å². The molecular weight excluding hydrogens is 289 g/mol. The Morgan fingerprint density at radius 3 is 3.00 bits per heavy atom. The van der Waals surface area contributed by atoms with Gasteiger partial charge < -0.3 is 5.32 Å². The van der Waals surface area contributed by atoms with Crippen LogP contribution in [0.15, 0.2) is 34.1 Å². The number of halogens is 2. The maximum atomic E-state index is 13.8. The van der Waals surface area contributed by atoms with Crippen molar-refractivity contribution in [2.45, 2.75) is 6.54 Å². The summed E-state index contributed by atoms with van der Waals surface area (Å²) in [5, 5.41) is 5.07. The molecule has 0 aliphatic rings. The summed E-state index contributed by atoms with van der Waals surface area (Å²) >= 11 is 4.84. The second-order valence-corrected chi connectivity index (χ2v) is 5.28. The van der Waals surface area contributed by atoms with E-state index in [0.29, 0.717) is 10.0 Å². The molecular formula is C12H11BrFNS. The molecule has 0 amide bonds. The maximum Gasteiger partial charge on any atom is 0.145 e. The molecule has 84 valence electrons. The molecule has 1 nitrogen and oxygen atoms in total. The molecule has 0 atom stereocenters. The third-order valence-corrected chi connectivity index (χ3v) is 3.82. The number of nitrogens with one attached hydrogen (secondary N) is 1. The van der Waals surface area contributed by atoms with Crippen LogP contribution in [-0.4, -0.2) is 7.05 Å². The molecule has 0 radical (unpaired) electrons. The zero-order valence-electron chi connectivity index (χ0n) is 8.76. The van der Waals surface area contributed by atoms with E-state index >= 15 is 0 Å². The fourth-order valence-electron chi connectivity index (χ4n) is 1.52. The minimum atomic E-state index is -0.198. The largest absolute Gasteiger partial charge is 0.315 e. The van der Waals surface area contributed by atoms with Gasteiger partial charge in [0, 0.05) is 17.0 Å². The Morgan fingerprint density at radius 1 is 1.44 bits per heavy atom. The molecule has 1 aromatic heterocycles. The Hall–Kier alpha value is -0.710. The van der Waals surface area contributed by atoms with Crippen LogP contribution >= 0.6 is 27.3 Å². The average molecular weight is 300 g/mol. The van der Waals surface area contributed by atoms with Gasteiger partial charge >= 0.3 is 0 Å². The standard InChI is InChI=1S/C12H11BrFNS/c1-15-6-9-5-8(7-16-9)10-3-2-4-11(13)12(10)14/h2-5,7,15H,6H2,1H3. The van der Waals surface area contributed by atoms with Gasteiger partial charge in [-0.3, -0.25) is 0 Å². The first kappa shape index (κ1) is 11.8. The molecule has 2 aromatic rings. The molecule has 16 heavy (non-hydrogen) atoms. The summed E-state index contributed by atoms with van der Waals surface area (Å²) in [4.78, 5) is 1.21. The third-order valence-electron chi connectivity index (χ3n) is 2.27. The molecule has 0 aliphatic carbocycles. The molecule has 0 unspecified atom stereocenters. The van der Waals surface area contributed by atoms with E-state index in [9.17, 15) is 4.39 Å². The van der Waals surface area contributed by atoms with Crippen LogP contribution in [0.25, 0.3) is 11.1 Å². The zero-order valence-corrected chi connectivity index (χ0v) is 11.2. The molecule has 0 fully saturated rings. The maximum absolute atomic E-state index is 13.8. The van der Waals surface area contributed by atoms with Gasteiger partial charge in [-0.1, -0.05) is 12.1 Å². The topological polar surface area (TPSA) is 12.0 Å². The number of benzene rings is 1. The van der Waals surface area contributed by atoms with E-state index in [1.165, 1.54) is 4.88 Å². The molecule has 4 heteroatoms. The Kier molecular flexibility index (Phi) is 3.74. The van der Waals surface area contributed by atoms with Gasteiger partial charge in [0.05, 0.1) is 4.47 Å². The highest BCUT2D eigenvalue weighted by Gasteiger charge is 2.09. The van der Waals surface area contributed by atoms with Gasteiger partial charge in [-0.05, 0) is 46.1 Å². The molecule has 2 rings (SSSR count). The molecule has 0 aliphatic heterocycles. The fourth-order valence-corrected chi connectivity index (χ4v) is 2.78. The molecule has 0 spiro atoms. The van der Waals surface area contributed by atoms with E-state index in [4.69, 9.17) is 0 Å². The average Bonchev–Trinajstić information content (AvgIpc) is 2.71. The van der Waals surface area contributed by atoms with E-state index < -0.39 is 0 Å². The van der Waals surface area contributed by atoms with Crippen LogP contribution in [0.1, 0.15) is 4.88 Å². The van der Waals surface area contributed by atoms with E-state index in [0.717, 1.165) is 12.1 Å². The van der Waals surface area contributed by atoms with Crippen LogP contribution < -0.4 is 5.32 Å². The number of hydrogen-bond acceptors (Lipinski definition) is 2. The summed E-state index contributed by atoms with van der Waals surface area (Å²) < 4.78 is 14.3. The molecule has 1 aromatic carbocycles. The van der Waals surface area contributed by atoms with Crippen molar-refractivity contribution in [1.82, 2.24) is 5.32 Å². The zero-order chi connectivity index (χ0) is 11.5. The van der Waals surface area contributed by atoms with Crippen molar-refractivity contribution >= 4 is 27.3 Å². The predicted molar refractivity (Wildman–Crippen MR) is 70.2 cm³/mol. The van der Waals surface area contributed by atoms with Gasteiger partial charge in [0.15, 0.2) is 0 Å². The van der Waals surface area contributed by atoms with Crippen molar-refractivity contribution < 1.29 is 4.39 Å². The lowest BCUT2D eigenvalue weighted by molar-refractivity contribution is 0.625. The third kappa shape index (κ3) is 2.34. The Morgan fingerprint density at radius 2 is 2.25 bits per heavy atom. The Bertz CT molecular complexity index is 496. The fraction of sp³-hybridized carbons (Fsp3) is 0.167. The van der Waals surface area contributed by atoms with Crippen molar-refractivity contribution in [3.8, 4) is 11.1 Å². The summed E-state index contributed by atoms with van der Waals surface area (Å²) in [5.41, 5.74) is 1.59. The lowest BCUT2D eigenvalue weighted by atomic mass is 10.1. The minimum Gasteiger partial charge on any atom is -0.315 e. The second-order valence-electron chi connectivity index (χ2n) is 3.43. The molecule has 0 saturated heterocycles. The lowest BCUT2D eigenvalue weighted by Gasteiger charge is -2.01. The van der Waals surface area contributed by atoms with Crippen LogP contribution in [0.4, 0.5) is 4.39 Å². The molecule has 0 saturated carbocycles. The van der Waals surface area contributed by atoms with Crippen molar-refractivity contribution in [2.75, 3.05) is 7.05 Å². The van der Waals surface area contributed by atoms with E-state index in [1.807, 2.05) is 24.6 Å². The first-order valence-corrected chi connectivity index (χ1v) is 6.56. The summed E-state index contributed by atoms with van der Waals surface area (Å²) in [7, 11) is 1.90. The van der Waals surface area contributed by atoms with Gasteiger partial charge in [-0.2, -0.15) is 0 Å². The van der Waals surface area contributed by atoms with Crippen LogP contribution in [0, 0.1) is 5.82 Å². The Labute approximate surface area is 106 Å². The monoisotopic (exact) mass is 299 g/mol. The highest BCUT2D eigenvalue weighted by atomic mass is 79.9. The van der Waals surface area contributed by atoms with Crippen molar-refractivity contribution in [1.29, 1.82) is 0 Å². The van der Waals surface area contributed by atoms with E-state index in [2.05, 4.69) is 21.2 Å². The van der Waals surface area contributed by atoms with Crippen molar-refractivity contribution in [3.05, 3.63) is 44.8 Å². The number of thiophene rings is 1. The van der Waals surface area contributed by atoms with Crippen LogP contribution in [0.2, 0.25) is 0 Å². The van der Waals surface area contributed by atoms with Crippen LogP contribution in [0.5, 0.6) is 0 Å². The summed E-state index contributed by atoms with van der Waals surface area (Å²) in [6.45, 7) is 0.820. The smallest absolute Gasteiger partial charge is 0.145 e. The first-order valence-electron chi connectivity index (χ1n) is 4.88. The van der Waals surface area contributed by atoms with E-state index in [-0.39, 0.29) is 5.82 Å². The van der Waals surface area contributed by atoms with E-state index in [1.54, 1.807) is 23.5 Å². The highest BCUT2D eigenvalue weighted by Crippen LogP contribution is 2.30. The van der Waals surface area contributed by atoms with Gasteiger partial charge in [0.1, 0.15) is 5.82 Å². The predicted octanol–water partition coefficient (Wildman–Crippen LogP) is 4.04. The van der Waals surface area contributed by atoms with Gasteiger partial charge in [-0.15, -0.1) is 11.3 Å². The van der Waals surface area contributed by atoms with Crippen molar-refractivity contribution in [2.24, 2.45) is 0 Å². The van der Waals surface area contributed by atoms with Gasteiger partial charge in [-0.25, -0.2) is 4.39 Å². The van der Waals surface area contributed by atoms with Gasteiger partial charge in [0.25, 0.3) is 0 Å². The van der Waals surface area contributed by atoms with Crippen LogP contribution in [0.3, 0.4) is 0 Å². The summed E-state index contributed by atoms with van der Waals surface area (Å²) in [5.74, 6) is -0.198. The quantitative estimate of drug-likeness (QED) is 0.902. The SMILES string of the molecule is CNCc1cc(-c2cccc(Br)c2F)cs1. The Balaban J connectivity index is 2.39. The lowest BCUT2D eigenvalue weighted by Crippen LogP contribution is -2.02. The van der Waals surface area contributed by atoms with Crippen LogP contribution in [-0.2, 0) is 6.54 Å². The summed E-state index contributed by atoms with van der Waals surface area (Å²) in [6.07, 6.45) is 0.